The summed E-state index contributed by atoms with van der Waals surface area (Å²) in [6.07, 6.45) is 2.06. The maximum atomic E-state index is 5.27. The van der Waals surface area contributed by atoms with Gasteiger partial charge in [-0.2, -0.15) is 5.10 Å². The Labute approximate surface area is 114 Å². The molecule has 0 atom stereocenters. The summed E-state index contributed by atoms with van der Waals surface area (Å²) in [5.41, 5.74) is 3.29. The second-order valence-electron chi connectivity index (χ2n) is 4.94. The lowest BCUT2D eigenvalue weighted by molar-refractivity contribution is 0.415. The van der Waals surface area contributed by atoms with Gasteiger partial charge in [-0.3, -0.25) is 4.68 Å². The van der Waals surface area contributed by atoms with Crippen LogP contribution in [0.1, 0.15) is 19.4 Å². The Morgan fingerprint density at radius 1 is 1.37 bits per heavy atom. The van der Waals surface area contributed by atoms with Crippen molar-refractivity contribution in [2.45, 2.75) is 26.4 Å². The molecule has 0 saturated carbocycles. The molecule has 4 nitrogen and oxygen atoms in total. The fourth-order valence-electron chi connectivity index (χ4n) is 1.99. The maximum absolute atomic E-state index is 5.27. The fraction of sp³-hybridized carbons (Fsp3) is 0.400. The van der Waals surface area contributed by atoms with Crippen molar-refractivity contribution >= 4 is 0 Å². The third kappa shape index (κ3) is 3.35. The van der Waals surface area contributed by atoms with Gasteiger partial charge in [0.05, 0.1) is 12.8 Å². The van der Waals surface area contributed by atoms with Gasteiger partial charge in [-0.25, -0.2) is 0 Å². The Hall–Kier alpha value is -1.81. The maximum Gasteiger partial charge on any atom is 0.119 e. The largest absolute Gasteiger partial charge is 0.497 e. The number of aromatic nitrogens is 2. The van der Waals surface area contributed by atoms with Crippen LogP contribution in [0.15, 0.2) is 30.5 Å². The van der Waals surface area contributed by atoms with Crippen LogP contribution in [-0.4, -0.2) is 22.9 Å². The van der Waals surface area contributed by atoms with E-state index < -0.39 is 0 Å². The van der Waals surface area contributed by atoms with Gasteiger partial charge < -0.3 is 10.1 Å². The molecule has 19 heavy (non-hydrogen) atoms. The molecule has 0 fully saturated rings. The summed E-state index contributed by atoms with van der Waals surface area (Å²) in [7, 11) is 3.63. The first-order valence-electron chi connectivity index (χ1n) is 6.50. The predicted octanol–water partition coefficient (Wildman–Crippen LogP) is 2.59. The molecule has 4 heteroatoms. The van der Waals surface area contributed by atoms with Crippen LogP contribution >= 0.6 is 0 Å². The molecule has 0 unspecified atom stereocenters. The van der Waals surface area contributed by atoms with Crippen molar-refractivity contribution in [1.82, 2.24) is 15.1 Å². The lowest BCUT2D eigenvalue weighted by Crippen LogP contribution is -2.21. The van der Waals surface area contributed by atoms with Crippen molar-refractivity contribution in [2.24, 2.45) is 7.05 Å². The number of nitrogens with zero attached hydrogens (tertiary/aromatic N) is 2. The summed E-state index contributed by atoms with van der Waals surface area (Å²) in [6.45, 7) is 5.10. The van der Waals surface area contributed by atoms with Gasteiger partial charge in [-0.15, -0.1) is 0 Å². The average Bonchev–Trinajstić information content (AvgIpc) is 2.77. The van der Waals surface area contributed by atoms with Crippen molar-refractivity contribution in [1.29, 1.82) is 0 Å². The van der Waals surface area contributed by atoms with E-state index in [0.717, 1.165) is 23.6 Å². The molecule has 1 aromatic heterocycles. The number of ether oxygens (including phenoxy) is 1. The highest BCUT2D eigenvalue weighted by Crippen LogP contribution is 2.25. The minimum absolute atomic E-state index is 0.457. The quantitative estimate of drug-likeness (QED) is 0.897. The molecule has 1 N–H and O–H groups in total. The van der Waals surface area contributed by atoms with E-state index in [4.69, 9.17) is 4.74 Å². The van der Waals surface area contributed by atoms with Crippen LogP contribution in [0.5, 0.6) is 5.75 Å². The molecule has 0 bridgehead atoms. The van der Waals surface area contributed by atoms with Gasteiger partial charge in [0.2, 0.25) is 0 Å². The summed E-state index contributed by atoms with van der Waals surface area (Å²) in [5.74, 6) is 0.853. The van der Waals surface area contributed by atoms with Gasteiger partial charge in [0.15, 0.2) is 0 Å². The Bertz CT molecular complexity index is 546. The third-order valence-corrected chi connectivity index (χ3v) is 2.95. The number of methoxy groups -OCH3 is 1. The van der Waals surface area contributed by atoms with Gasteiger partial charge in [0.25, 0.3) is 0 Å². The van der Waals surface area contributed by atoms with E-state index in [-0.39, 0.29) is 0 Å². The standard InChI is InChI=1S/C15H21N3O/c1-11(2)16-9-13-10-18(3)17-15(13)12-6-5-7-14(8-12)19-4/h5-8,10-11,16H,9H2,1-4H3. The SMILES string of the molecule is COc1cccc(-c2nn(C)cc2CNC(C)C)c1. The number of hydrogen-bond acceptors (Lipinski definition) is 3. The Morgan fingerprint density at radius 3 is 2.84 bits per heavy atom. The second-order valence-corrected chi connectivity index (χ2v) is 4.94. The van der Waals surface area contributed by atoms with Crippen LogP contribution in [-0.2, 0) is 13.6 Å². The van der Waals surface area contributed by atoms with Crippen molar-refractivity contribution in [3.05, 3.63) is 36.0 Å². The van der Waals surface area contributed by atoms with Gasteiger partial charge in [0, 0.05) is 37.0 Å². The lowest BCUT2D eigenvalue weighted by atomic mass is 10.1. The summed E-state index contributed by atoms with van der Waals surface area (Å²) in [6, 6.07) is 8.46. The summed E-state index contributed by atoms with van der Waals surface area (Å²) < 4.78 is 7.12. The molecule has 2 aromatic rings. The van der Waals surface area contributed by atoms with E-state index in [1.165, 1.54) is 5.56 Å². The molecule has 0 amide bonds. The third-order valence-electron chi connectivity index (χ3n) is 2.95. The Kier molecular flexibility index (Phi) is 4.22. The minimum atomic E-state index is 0.457. The van der Waals surface area contributed by atoms with E-state index in [9.17, 15) is 0 Å². The predicted molar refractivity (Wildman–Crippen MR) is 77.2 cm³/mol. The van der Waals surface area contributed by atoms with E-state index >= 15 is 0 Å². The van der Waals surface area contributed by atoms with Crippen LogP contribution in [0.4, 0.5) is 0 Å². The second kappa shape index (κ2) is 5.89. The van der Waals surface area contributed by atoms with Crippen molar-refractivity contribution in [2.75, 3.05) is 7.11 Å². The average molecular weight is 259 g/mol. The first-order chi connectivity index (χ1) is 9.10. The van der Waals surface area contributed by atoms with E-state index in [0.29, 0.717) is 6.04 Å². The van der Waals surface area contributed by atoms with Crippen molar-refractivity contribution < 1.29 is 4.74 Å². The van der Waals surface area contributed by atoms with Crippen LogP contribution in [0.2, 0.25) is 0 Å². The van der Waals surface area contributed by atoms with Crippen LogP contribution < -0.4 is 10.1 Å². The van der Waals surface area contributed by atoms with Crippen molar-refractivity contribution in [3.63, 3.8) is 0 Å². The number of benzene rings is 1. The first-order valence-corrected chi connectivity index (χ1v) is 6.50. The van der Waals surface area contributed by atoms with Crippen molar-refractivity contribution in [3.8, 4) is 17.0 Å². The molecule has 2 rings (SSSR count). The molecule has 102 valence electrons. The highest BCUT2D eigenvalue weighted by molar-refractivity contribution is 5.64. The molecule has 0 aliphatic carbocycles. The zero-order chi connectivity index (χ0) is 13.8. The monoisotopic (exact) mass is 259 g/mol. The molecule has 0 aliphatic heterocycles. The van der Waals surface area contributed by atoms with E-state index in [1.54, 1.807) is 7.11 Å². The normalized spacial score (nSPS) is 11.0. The molecule has 0 aliphatic rings. The van der Waals surface area contributed by atoms with E-state index in [1.807, 2.05) is 29.9 Å². The first kappa shape index (κ1) is 13.6. The molecule has 0 saturated heterocycles. The number of rotatable bonds is 5. The number of nitrogens with one attached hydrogen (secondary N) is 1. The molecule has 0 radical (unpaired) electrons. The van der Waals surface area contributed by atoms with E-state index in [2.05, 4.69) is 36.5 Å². The zero-order valence-corrected chi connectivity index (χ0v) is 12.0. The highest BCUT2D eigenvalue weighted by atomic mass is 16.5. The summed E-state index contributed by atoms with van der Waals surface area (Å²) >= 11 is 0. The zero-order valence-electron chi connectivity index (χ0n) is 12.0. The molecule has 0 spiro atoms. The van der Waals surface area contributed by atoms with Crippen LogP contribution in [0.25, 0.3) is 11.3 Å². The van der Waals surface area contributed by atoms with Gasteiger partial charge in [-0.05, 0) is 12.1 Å². The van der Waals surface area contributed by atoms with Crippen LogP contribution in [0, 0.1) is 0 Å². The number of hydrogen-bond donors (Lipinski definition) is 1. The molecular weight excluding hydrogens is 238 g/mol. The van der Waals surface area contributed by atoms with Gasteiger partial charge >= 0.3 is 0 Å². The molecule has 1 aromatic carbocycles. The minimum Gasteiger partial charge on any atom is -0.497 e. The number of aryl methyl sites for hydroxylation is 1. The van der Waals surface area contributed by atoms with Gasteiger partial charge in [0.1, 0.15) is 5.75 Å². The van der Waals surface area contributed by atoms with Gasteiger partial charge in [-0.1, -0.05) is 26.0 Å². The lowest BCUT2D eigenvalue weighted by Gasteiger charge is -2.08. The fourth-order valence-corrected chi connectivity index (χ4v) is 1.99. The van der Waals surface area contributed by atoms with Crippen LogP contribution in [0.3, 0.4) is 0 Å². The Balaban J connectivity index is 2.32. The highest BCUT2D eigenvalue weighted by Gasteiger charge is 2.11. The molecular formula is C15H21N3O. The topological polar surface area (TPSA) is 39.1 Å². The molecule has 1 heterocycles. The summed E-state index contributed by atoms with van der Waals surface area (Å²) in [5, 5.41) is 7.98. The summed E-state index contributed by atoms with van der Waals surface area (Å²) in [4.78, 5) is 0. The Morgan fingerprint density at radius 2 is 2.16 bits per heavy atom. The smallest absolute Gasteiger partial charge is 0.119 e.